The van der Waals surface area contributed by atoms with E-state index in [9.17, 15) is 22.4 Å². The SMILES string of the molecule is Cc1ccc(-c2nn(Cc3ccc(Cl)cc3)c(=O)c3cc(C(F)(F)F)c(C)cc23)c(F)n1. The monoisotopic (exact) mass is 461 g/mol. The summed E-state index contributed by atoms with van der Waals surface area (Å²) in [5, 5.41) is 4.73. The molecular formula is C23H16ClF4N3O. The maximum absolute atomic E-state index is 14.7. The minimum atomic E-state index is -4.65. The largest absolute Gasteiger partial charge is 0.416 e. The Morgan fingerprint density at radius 2 is 1.69 bits per heavy atom. The number of benzene rings is 2. The van der Waals surface area contributed by atoms with Gasteiger partial charge >= 0.3 is 6.18 Å². The standard InChI is InChI=1S/C23H16ClF4N3O/c1-12-9-17-18(10-19(12)23(26,27)28)22(32)31(11-14-4-6-15(24)7-5-14)30-20(17)16-8-3-13(2)29-21(16)25/h3-10H,11H2,1-2H3. The fourth-order valence-corrected chi connectivity index (χ4v) is 3.64. The van der Waals surface area contributed by atoms with Crippen molar-refractivity contribution in [1.29, 1.82) is 0 Å². The smallest absolute Gasteiger partial charge is 0.267 e. The van der Waals surface area contributed by atoms with E-state index in [4.69, 9.17) is 11.6 Å². The van der Waals surface area contributed by atoms with Gasteiger partial charge in [-0.3, -0.25) is 4.79 Å². The molecule has 4 rings (SSSR count). The fraction of sp³-hybridized carbons (Fsp3) is 0.174. The van der Waals surface area contributed by atoms with Crippen molar-refractivity contribution < 1.29 is 17.6 Å². The molecule has 4 nitrogen and oxygen atoms in total. The molecule has 2 aromatic heterocycles. The van der Waals surface area contributed by atoms with Crippen LogP contribution < -0.4 is 5.56 Å². The highest BCUT2D eigenvalue weighted by Gasteiger charge is 2.33. The molecule has 0 saturated carbocycles. The number of rotatable bonds is 3. The molecule has 0 aliphatic heterocycles. The third-order valence-corrected chi connectivity index (χ3v) is 5.35. The van der Waals surface area contributed by atoms with E-state index in [2.05, 4.69) is 10.1 Å². The number of hydrogen-bond donors (Lipinski definition) is 0. The van der Waals surface area contributed by atoms with E-state index in [0.29, 0.717) is 16.3 Å². The number of fused-ring (bicyclic) bond motifs is 1. The minimum Gasteiger partial charge on any atom is -0.267 e. The summed E-state index contributed by atoms with van der Waals surface area (Å²) in [5.41, 5.74) is -0.631. The Kier molecular flexibility index (Phi) is 5.50. The molecule has 4 aromatic rings. The van der Waals surface area contributed by atoms with E-state index in [0.717, 1.165) is 10.7 Å². The van der Waals surface area contributed by atoms with Gasteiger partial charge in [-0.2, -0.15) is 22.7 Å². The van der Waals surface area contributed by atoms with Crippen LogP contribution in [0.25, 0.3) is 22.0 Å². The Balaban J connectivity index is 2.03. The highest BCUT2D eigenvalue weighted by Crippen LogP contribution is 2.36. The number of alkyl halides is 3. The molecule has 0 unspecified atom stereocenters. The van der Waals surface area contributed by atoms with Crippen LogP contribution in [0.2, 0.25) is 5.02 Å². The second kappa shape index (κ2) is 8.02. The third-order valence-electron chi connectivity index (χ3n) is 5.10. The zero-order chi connectivity index (χ0) is 23.2. The molecule has 0 fully saturated rings. The topological polar surface area (TPSA) is 47.8 Å². The van der Waals surface area contributed by atoms with Crippen LogP contribution in [0.4, 0.5) is 17.6 Å². The van der Waals surface area contributed by atoms with E-state index in [1.165, 1.54) is 19.1 Å². The summed E-state index contributed by atoms with van der Waals surface area (Å²) in [6.07, 6.45) is -4.65. The first-order valence-electron chi connectivity index (χ1n) is 9.55. The molecule has 0 amide bonds. The Morgan fingerprint density at radius 1 is 1.00 bits per heavy atom. The Morgan fingerprint density at radius 3 is 2.31 bits per heavy atom. The van der Waals surface area contributed by atoms with E-state index in [1.807, 2.05) is 0 Å². The lowest BCUT2D eigenvalue weighted by atomic mass is 9.99. The first kappa shape index (κ1) is 22.0. The lowest BCUT2D eigenvalue weighted by Gasteiger charge is -2.16. The number of aromatic nitrogens is 3. The molecule has 0 N–H and O–H groups in total. The Bertz CT molecular complexity index is 1400. The summed E-state index contributed by atoms with van der Waals surface area (Å²) in [4.78, 5) is 16.9. The van der Waals surface area contributed by atoms with Gasteiger partial charge in [0.15, 0.2) is 0 Å². The molecule has 2 heterocycles. The van der Waals surface area contributed by atoms with Crippen LogP contribution in [0.1, 0.15) is 22.4 Å². The van der Waals surface area contributed by atoms with Crippen molar-refractivity contribution in [2.75, 3.05) is 0 Å². The second-order valence-corrected chi connectivity index (χ2v) is 7.88. The number of halogens is 5. The molecule has 0 saturated heterocycles. The number of pyridine rings is 1. The first-order valence-corrected chi connectivity index (χ1v) is 9.93. The molecular weight excluding hydrogens is 446 g/mol. The zero-order valence-corrected chi connectivity index (χ0v) is 17.7. The summed E-state index contributed by atoms with van der Waals surface area (Å²) in [5.74, 6) is -0.826. The maximum atomic E-state index is 14.7. The van der Waals surface area contributed by atoms with Gasteiger partial charge in [-0.1, -0.05) is 23.7 Å². The van der Waals surface area contributed by atoms with Gasteiger partial charge in [0, 0.05) is 16.1 Å². The van der Waals surface area contributed by atoms with Crippen molar-refractivity contribution in [2.24, 2.45) is 0 Å². The molecule has 0 bridgehead atoms. The van der Waals surface area contributed by atoms with Gasteiger partial charge in [-0.05, 0) is 61.4 Å². The van der Waals surface area contributed by atoms with Gasteiger partial charge in [0.25, 0.3) is 5.56 Å². The lowest BCUT2D eigenvalue weighted by molar-refractivity contribution is -0.137. The molecule has 0 aliphatic rings. The fourth-order valence-electron chi connectivity index (χ4n) is 3.52. The zero-order valence-electron chi connectivity index (χ0n) is 17.0. The van der Waals surface area contributed by atoms with Crippen molar-refractivity contribution >= 4 is 22.4 Å². The van der Waals surface area contributed by atoms with Crippen molar-refractivity contribution in [3.05, 3.63) is 92.2 Å². The van der Waals surface area contributed by atoms with Crippen LogP contribution in [0, 0.1) is 19.8 Å². The molecule has 164 valence electrons. The molecule has 9 heteroatoms. The van der Waals surface area contributed by atoms with Crippen LogP contribution in [0.5, 0.6) is 0 Å². The molecule has 0 radical (unpaired) electrons. The quantitative estimate of drug-likeness (QED) is 0.280. The highest BCUT2D eigenvalue weighted by atomic mass is 35.5. The maximum Gasteiger partial charge on any atom is 0.416 e. The van der Waals surface area contributed by atoms with Gasteiger partial charge < -0.3 is 0 Å². The first-order chi connectivity index (χ1) is 15.0. The molecule has 32 heavy (non-hydrogen) atoms. The average molecular weight is 462 g/mol. The van der Waals surface area contributed by atoms with Gasteiger partial charge in [-0.15, -0.1) is 0 Å². The van der Waals surface area contributed by atoms with E-state index >= 15 is 0 Å². The van der Waals surface area contributed by atoms with Crippen LogP contribution in [-0.4, -0.2) is 14.8 Å². The number of hydrogen-bond acceptors (Lipinski definition) is 3. The van der Waals surface area contributed by atoms with Gasteiger partial charge in [0.2, 0.25) is 5.95 Å². The van der Waals surface area contributed by atoms with Gasteiger partial charge in [0.1, 0.15) is 5.69 Å². The number of nitrogens with zero attached hydrogens (tertiary/aromatic N) is 3. The second-order valence-electron chi connectivity index (χ2n) is 7.44. The third kappa shape index (κ3) is 4.10. The van der Waals surface area contributed by atoms with Gasteiger partial charge in [0.05, 0.1) is 23.1 Å². The summed E-state index contributed by atoms with van der Waals surface area (Å²) in [6, 6.07) is 11.6. The van der Waals surface area contributed by atoms with E-state index < -0.39 is 23.2 Å². The normalized spacial score (nSPS) is 11.8. The van der Waals surface area contributed by atoms with Crippen molar-refractivity contribution in [3.8, 4) is 11.3 Å². The van der Waals surface area contributed by atoms with E-state index in [-0.39, 0.29) is 34.1 Å². The predicted molar refractivity (Wildman–Crippen MR) is 114 cm³/mol. The summed E-state index contributed by atoms with van der Waals surface area (Å²) < 4.78 is 56.3. The Hall–Kier alpha value is -3.26. The summed E-state index contributed by atoms with van der Waals surface area (Å²) in [6.45, 7) is 2.86. The van der Waals surface area contributed by atoms with Crippen molar-refractivity contribution in [1.82, 2.24) is 14.8 Å². The van der Waals surface area contributed by atoms with Gasteiger partial charge in [-0.25, -0.2) is 9.67 Å². The molecule has 0 spiro atoms. The van der Waals surface area contributed by atoms with E-state index in [1.54, 1.807) is 37.3 Å². The predicted octanol–water partition coefficient (Wildman–Crippen LogP) is 5.93. The highest BCUT2D eigenvalue weighted by molar-refractivity contribution is 6.30. The van der Waals surface area contributed by atoms with Crippen LogP contribution in [0.15, 0.2) is 53.3 Å². The van der Waals surface area contributed by atoms with Crippen LogP contribution >= 0.6 is 11.6 Å². The van der Waals surface area contributed by atoms with Crippen LogP contribution in [-0.2, 0) is 12.7 Å². The number of aryl methyl sites for hydroxylation is 2. The van der Waals surface area contributed by atoms with Crippen molar-refractivity contribution in [2.45, 2.75) is 26.6 Å². The summed E-state index contributed by atoms with van der Waals surface area (Å²) >= 11 is 5.90. The van der Waals surface area contributed by atoms with Crippen molar-refractivity contribution in [3.63, 3.8) is 0 Å². The van der Waals surface area contributed by atoms with Crippen LogP contribution in [0.3, 0.4) is 0 Å². The molecule has 0 atom stereocenters. The average Bonchev–Trinajstić information content (AvgIpc) is 2.71. The summed E-state index contributed by atoms with van der Waals surface area (Å²) in [7, 11) is 0. The minimum absolute atomic E-state index is 0.00962. The molecule has 2 aromatic carbocycles. The molecule has 0 aliphatic carbocycles. The lowest BCUT2D eigenvalue weighted by Crippen LogP contribution is -2.25. The Labute approximate surface area is 185 Å².